The van der Waals surface area contributed by atoms with Crippen molar-refractivity contribution in [3.8, 4) is 0 Å². The second-order valence-corrected chi connectivity index (χ2v) is 6.92. The van der Waals surface area contributed by atoms with Crippen molar-refractivity contribution in [2.75, 3.05) is 6.61 Å². The van der Waals surface area contributed by atoms with Gasteiger partial charge in [0.25, 0.3) is 0 Å². The lowest BCUT2D eigenvalue weighted by Gasteiger charge is -2.01. The van der Waals surface area contributed by atoms with Crippen LogP contribution >= 0.6 is 0 Å². The first kappa shape index (κ1) is 17.4. The average Bonchev–Trinajstić information content (AvgIpc) is 3.24. The van der Waals surface area contributed by atoms with E-state index >= 15 is 0 Å². The van der Waals surface area contributed by atoms with E-state index in [9.17, 15) is 9.18 Å². The molecule has 0 aliphatic heterocycles. The quantitative estimate of drug-likeness (QED) is 0.406. The molecule has 4 heteroatoms. The molecule has 0 aliphatic rings. The van der Waals surface area contributed by atoms with E-state index < -0.39 is 0 Å². The molecule has 0 bridgehead atoms. The van der Waals surface area contributed by atoms with E-state index in [0.29, 0.717) is 12.2 Å². The molecule has 0 fully saturated rings. The second-order valence-electron chi connectivity index (χ2n) is 6.92. The Morgan fingerprint density at radius 2 is 1.59 bits per heavy atom. The molecule has 0 amide bonds. The van der Waals surface area contributed by atoms with Crippen LogP contribution in [-0.2, 0) is 4.74 Å². The first-order valence-electron chi connectivity index (χ1n) is 9.57. The van der Waals surface area contributed by atoms with Gasteiger partial charge in [-0.3, -0.25) is 0 Å². The van der Waals surface area contributed by atoms with Gasteiger partial charge in [-0.15, -0.1) is 0 Å². The van der Waals surface area contributed by atoms with Crippen LogP contribution < -0.4 is 5.35 Å². The van der Waals surface area contributed by atoms with Gasteiger partial charge >= 0.3 is 5.97 Å². The van der Waals surface area contributed by atoms with Crippen LogP contribution in [0.25, 0.3) is 33.3 Å². The second kappa shape index (κ2) is 6.74. The molecule has 142 valence electrons. The maximum atomic E-state index is 13.4. The van der Waals surface area contributed by atoms with Crippen LogP contribution in [0.1, 0.15) is 22.8 Å². The molecule has 0 saturated heterocycles. The van der Waals surface area contributed by atoms with Crippen molar-refractivity contribution in [3.05, 3.63) is 95.1 Å². The molecule has 0 radical (unpaired) electrons. The van der Waals surface area contributed by atoms with Gasteiger partial charge in [-0.25, -0.2) is 9.18 Å². The predicted molar refractivity (Wildman–Crippen MR) is 114 cm³/mol. The molecular formula is C25H18FNO2. The summed E-state index contributed by atoms with van der Waals surface area (Å²) in [4.78, 5) is 12.9. The number of hydrogen-bond acceptors (Lipinski definition) is 2. The lowest BCUT2D eigenvalue weighted by molar-refractivity contribution is 0.0531. The van der Waals surface area contributed by atoms with Gasteiger partial charge in [-0.2, -0.15) is 0 Å². The third kappa shape index (κ3) is 2.68. The summed E-state index contributed by atoms with van der Waals surface area (Å²) in [5, 5.41) is 3.83. The molecule has 2 heterocycles. The Bertz CT molecular complexity index is 1430. The van der Waals surface area contributed by atoms with E-state index in [2.05, 4.69) is 4.40 Å². The average molecular weight is 383 g/mol. The lowest BCUT2D eigenvalue weighted by atomic mass is 10.1. The fourth-order valence-corrected chi connectivity index (χ4v) is 4.05. The Hall–Kier alpha value is -3.66. The Labute approximate surface area is 166 Å². The highest BCUT2D eigenvalue weighted by atomic mass is 19.1. The van der Waals surface area contributed by atoms with Crippen LogP contribution in [0.5, 0.6) is 0 Å². The minimum atomic E-state index is -0.324. The van der Waals surface area contributed by atoms with Gasteiger partial charge in [-0.05, 0) is 36.8 Å². The van der Waals surface area contributed by atoms with E-state index in [-0.39, 0.29) is 11.8 Å². The Morgan fingerprint density at radius 3 is 2.31 bits per heavy atom. The van der Waals surface area contributed by atoms with Gasteiger partial charge in [0.1, 0.15) is 5.82 Å². The Balaban J connectivity index is 1.99. The van der Waals surface area contributed by atoms with Gasteiger partial charge in [0.05, 0.1) is 28.6 Å². The minimum Gasteiger partial charge on any atom is -0.462 e. The summed E-state index contributed by atoms with van der Waals surface area (Å²) in [6.45, 7) is 2.13. The predicted octanol–water partition coefficient (Wildman–Crippen LogP) is 5.11. The molecule has 0 spiro atoms. The van der Waals surface area contributed by atoms with Crippen LogP contribution in [0.4, 0.5) is 4.39 Å². The highest BCUT2D eigenvalue weighted by Gasteiger charge is 2.23. The lowest BCUT2D eigenvalue weighted by Crippen LogP contribution is -2.08. The summed E-state index contributed by atoms with van der Waals surface area (Å²) in [6.07, 6.45) is 2.02. The standard InChI is InChI=1S/C25H18FNO2/c1-2-29-25(28)23-20-9-5-6-10-21(20)27-22(15-16-11-13-17(26)14-12-16)18-7-3-4-8-19(18)24(23)27/h3-15H,2H2,1H3/b22-15-. The molecule has 5 aromatic rings. The Kier molecular flexibility index (Phi) is 4.06. The van der Waals surface area contributed by atoms with E-state index in [4.69, 9.17) is 4.74 Å². The molecule has 0 saturated carbocycles. The third-order valence-electron chi connectivity index (χ3n) is 5.23. The van der Waals surface area contributed by atoms with Crippen molar-refractivity contribution in [2.45, 2.75) is 6.92 Å². The molecule has 2 aromatic heterocycles. The van der Waals surface area contributed by atoms with Crippen LogP contribution in [0, 0.1) is 5.82 Å². The smallest absolute Gasteiger partial charge is 0.340 e. The first-order chi connectivity index (χ1) is 14.2. The van der Waals surface area contributed by atoms with Crippen molar-refractivity contribution in [1.82, 2.24) is 4.40 Å². The van der Waals surface area contributed by atoms with Crippen molar-refractivity contribution < 1.29 is 13.9 Å². The fourth-order valence-electron chi connectivity index (χ4n) is 4.05. The molecule has 3 nitrogen and oxygen atoms in total. The maximum Gasteiger partial charge on any atom is 0.340 e. The van der Waals surface area contributed by atoms with Crippen molar-refractivity contribution >= 4 is 39.2 Å². The van der Waals surface area contributed by atoms with Crippen LogP contribution in [0.3, 0.4) is 0 Å². The van der Waals surface area contributed by atoms with Crippen molar-refractivity contribution in [1.29, 1.82) is 0 Å². The number of ether oxygens (including phenoxy) is 1. The highest BCUT2D eigenvalue weighted by molar-refractivity contribution is 6.19. The van der Waals surface area contributed by atoms with Gasteiger partial charge in [-0.1, -0.05) is 54.6 Å². The number of carbonyl (C=O) groups excluding carboxylic acids is 1. The molecule has 5 rings (SSSR count). The zero-order chi connectivity index (χ0) is 20.0. The number of aromatic nitrogens is 1. The number of para-hydroxylation sites is 1. The van der Waals surface area contributed by atoms with Crippen molar-refractivity contribution in [2.24, 2.45) is 0 Å². The number of fused-ring (bicyclic) bond motifs is 5. The number of hydrogen-bond donors (Lipinski definition) is 0. The SMILES string of the molecule is CCOC(=O)c1c2ccccc2n2/c(=C\c3ccc(F)cc3)c3ccccc3c12. The molecule has 0 aliphatic carbocycles. The molecule has 0 unspecified atom stereocenters. The normalized spacial score (nSPS) is 12.3. The molecule has 0 N–H and O–H groups in total. The summed E-state index contributed by atoms with van der Waals surface area (Å²) < 4.78 is 20.9. The van der Waals surface area contributed by atoms with Crippen LogP contribution in [0.15, 0.2) is 72.8 Å². The summed E-state index contributed by atoms with van der Waals surface area (Å²) in [5.74, 6) is -0.592. The van der Waals surface area contributed by atoms with Gasteiger partial charge in [0.15, 0.2) is 0 Å². The van der Waals surface area contributed by atoms with E-state index in [1.165, 1.54) is 12.1 Å². The number of benzene rings is 3. The van der Waals surface area contributed by atoms with E-state index in [0.717, 1.165) is 38.1 Å². The van der Waals surface area contributed by atoms with Gasteiger partial charge < -0.3 is 9.14 Å². The minimum absolute atomic E-state index is 0.268. The monoisotopic (exact) mass is 383 g/mol. The number of carbonyl (C=O) groups is 1. The number of nitrogens with zero attached hydrogens (tertiary/aromatic N) is 1. The summed E-state index contributed by atoms with van der Waals surface area (Å²) in [5.41, 5.74) is 3.25. The van der Waals surface area contributed by atoms with Gasteiger partial charge in [0, 0.05) is 16.2 Å². The fraction of sp³-hybridized carbons (Fsp3) is 0.0800. The Morgan fingerprint density at radius 1 is 0.931 bits per heavy atom. The maximum absolute atomic E-state index is 13.4. The summed E-state index contributed by atoms with van der Waals surface area (Å²) >= 11 is 0. The van der Waals surface area contributed by atoms with Gasteiger partial charge in [0.2, 0.25) is 0 Å². The topological polar surface area (TPSA) is 30.7 Å². The van der Waals surface area contributed by atoms with E-state index in [1.54, 1.807) is 12.1 Å². The molecule has 3 aromatic carbocycles. The zero-order valence-corrected chi connectivity index (χ0v) is 15.9. The number of rotatable bonds is 3. The highest BCUT2D eigenvalue weighted by Crippen LogP contribution is 2.32. The zero-order valence-electron chi connectivity index (χ0n) is 15.9. The summed E-state index contributed by atoms with van der Waals surface area (Å²) in [6, 6.07) is 22.3. The van der Waals surface area contributed by atoms with E-state index in [1.807, 2.05) is 61.5 Å². The number of halogens is 1. The molecule has 0 atom stereocenters. The molecular weight excluding hydrogens is 365 g/mol. The first-order valence-corrected chi connectivity index (χ1v) is 9.57. The van der Waals surface area contributed by atoms with Crippen LogP contribution in [-0.4, -0.2) is 17.0 Å². The van der Waals surface area contributed by atoms with Crippen LogP contribution in [0.2, 0.25) is 0 Å². The number of esters is 1. The molecule has 29 heavy (non-hydrogen) atoms. The third-order valence-corrected chi connectivity index (χ3v) is 5.23. The summed E-state index contributed by atoms with van der Waals surface area (Å²) in [7, 11) is 0. The van der Waals surface area contributed by atoms with Crippen molar-refractivity contribution in [3.63, 3.8) is 0 Å². The largest absolute Gasteiger partial charge is 0.462 e.